The first-order valence-corrected chi connectivity index (χ1v) is 8.90. The zero-order chi connectivity index (χ0) is 18.3. The van der Waals surface area contributed by atoms with Gasteiger partial charge in [-0.15, -0.1) is 0 Å². The predicted octanol–water partition coefficient (Wildman–Crippen LogP) is 2.12. The van der Waals surface area contributed by atoms with E-state index < -0.39 is 0 Å². The molecule has 7 heteroatoms. The van der Waals surface area contributed by atoms with E-state index in [2.05, 4.69) is 10.4 Å². The number of carbonyl (C=O) groups is 2. The normalized spacial score (nSPS) is 24.5. The van der Waals surface area contributed by atoms with Gasteiger partial charge in [0, 0.05) is 36.9 Å². The third-order valence-corrected chi connectivity index (χ3v) is 5.45. The van der Waals surface area contributed by atoms with E-state index in [0.29, 0.717) is 11.3 Å². The topological polar surface area (TPSA) is 67.2 Å². The number of benzene rings is 1. The molecule has 2 aromatic rings. The average molecular weight is 356 g/mol. The molecule has 3 atom stereocenters. The van der Waals surface area contributed by atoms with Crippen LogP contribution in [0.3, 0.4) is 0 Å². The number of nitrogens with one attached hydrogen (secondary N) is 1. The number of aryl methyl sites for hydroxylation is 1. The van der Waals surface area contributed by atoms with Crippen LogP contribution < -0.4 is 5.32 Å². The maximum Gasteiger partial charge on any atom is 0.272 e. The number of carbonyl (C=O) groups excluding carboxylic acids is 2. The molecule has 1 aromatic carbocycles. The molecule has 6 nitrogen and oxygen atoms in total. The Hall–Kier alpha value is -2.70. The Bertz CT molecular complexity index is 818. The van der Waals surface area contributed by atoms with E-state index in [1.807, 2.05) is 4.90 Å². The summed E-state index contributed by atoms with van der Waals surface area (Å²) in [7, 11) is 1.77. The van der Waals surface area contributed by atoms with Gasteiger partial charge in [-0.25, -0.2) is 4.39 Å². The number of hydrogen-bond acceptors (Lipinski definition) is 3. The summed E-state index contributed by atoms with van der Waals surface area (Å²) >= 11 is 0. The van der Waals surface area contributed by atoms with Gasteiger partial charge in [-0.05, 0) is 56.0 Å². The smallest absolute Gasteiger partial charge is 0.272 e. The van der Waals surface area contributed by atoms with Crippen molar-refractivity contribution in [1.29, 1.82) is 0 Å². The van der Waals surface area contributed by atoms with Crippen LogP contribution in [0, 0.1) is 5.82 Å². The molecule has 1 unspecified atom stereocenters. The van der Waals surface area contributed by atoms with Gasteiger partial charge < -0.3 is 10.2 Å². The van der Waals surface area contributed by atoms with Crippen LogP contribution in [0.15, 0.2) is 36.5 Å². The molecule has 2 saturated heterocycles. The Morgan fingerprint density at radius 1 is 1.12 bits per heavy atom. The van der Waals surface area contributed by atoms with Crippen molar-refractivity contribution >= 4 is 11.8 Å². The monoisotopic (exact) mass is 356 g/mol. The maximum atomic E-state index is 13.0. The van der Waals surface area contributed by atoms with E-state index in [1.54, 1.807) is 24.0 Å². The molecular weight excluding hydrogens is 335 g/mol. The number of aromatic nitrogens is 2. The van der Waals surface area contributed by atoms with Gasteiger partial charge in [-0.2, -0.15) is 5.10 Å². The molecule has 3 heterocycles. The van der Waals surface area contributed by atoms with Crippen molar-refractivity contribution in [3.63, 3.8) is 0 Å². The van der Waals surface area contributed by atoms with Gasteiger partial charge in [0.25, 0.3) is 11.8 Å². The summed E-state index contributed by atoms with van der Waals surface area (Å²) in [5.41, 5.74) is 1.04. The highest BCUT2D eigenvalue weighted by Crippen LogP contribution is 2.36. The lowest BCUT2D eigenvalue weighted by Crippen LogP contribution is -2.52. The maximum absolute atomic E-state index is 13.0. The Kier molecular flexibility index (Phi) is 4.22. The third-order valence-electron chi connectivity index (χ3n) is 5.45. The highest BCUT2D eigenvalue weighted by Gasteiger charge is 2.44. The molecule has 2 aliphatic rings. The van der Waals surface area contributed by atoms with E-state index >= 15 is 0 Å². The molecule has 0 radical (unpaired) electrons. The number of piperidine rings is 1. The number of hydrogen-bond donors (Lipinski definition) is 1. The Balaban J connectivity index is 1.43. The van der Waals surface area contributed by atoms with Crippen LogP contribution in [-0.2, 0) is 7.05 Å². The Morgan fingerprint density at radius 3 is 2.35 bits per heavy atom. The molecule has 2 amide bonds. The summed E-state index contributed by atoms with van der Waals surface area (Å²) in [6.45, 7) is 0. The fourth-order valence-electron chi connectivity index (χ4n) is 4.21. The van der Waals surface area contributed by atoms with Crippen LogP contribution >= 0.6 is 0 Å². The van der Waals surface area contributed by atoms with Crippen LogP contribution in [0.4, 0.5) is 4.39 Å². The first-order valence-electron chi connectivity index (χ1n) is 8.90. The average Bonchev–Trinajstić information content (AvgIpc) is 3.16. The lowest BCUT2D eigenvalue weighted by molar-refractivity contribution is 0.0539. The molecule has 4 rings (SSSR count). The number of halogens is 1. The molecule has 1 aromatic heterocycles. The van der Waals surface area contributed by atoms with Crippen molar-refractivity contribution in [2.24, 2.45) is 7.05 Å². The van der Waals surface area contributed by atoms with E-state index in [1.165, 1.54) is 24.3 Å². The number of nitrogens with zero attached hydrogens (tertiary/aromatic N) is 3. The first-order chi connectivity index (χ1) is 12.5. The third kappa shape index (κ3) is 2.98. The van der Waals surface area contributed by atoms with Gasteiger partial charge in [0.05, 0.1) is 0 Å². The van der Waals surface area contributed by atoms with Crippen LogP contribution in [0.5, 0.6) is 0 Å². The molecule has 0 spiro atoms. The summed E-state index contributed by atoms with van der Waals surface area (Å²) < 4.78 is 14.6. The highest BCUT2D eigenvalue weighted by atomic mass is 19.1. The Morgan fingerprint density at radius 2 is 1.77 bits per heavy atom. The fraction of sp³-hybridized carbons (Fsp3) is 0.421. The molecular formula is C19H21FN4O2. The zero-order valence-electron chi connectivity index (χ0n) is 14.6. The van der Waals surface area contributed by atoms with Crippen LogP contribution in [-0.4, -0.2) is 44.6 Å². The fourth-order valence-corrected chi connectivity index (χ4v) is 4.21. The van der Waals surface area contributed by atoms with Crippen molar-refractivity contribution in [2.75, 3.05) is 0 Å². The molecule has 26 heavy (non-hydrogen) atoms. The minimum Gasteiger partial charge on any atom is -0.349 e. The summed E-state index contributed by atoms with van der Waals surface area (Å²) in [5.74, 6) is -0.539. The minimum absolute atomic E-state index is 0.0146. The van der Waals surface area contributed by atoms with Gasteiger partial charge in [0.2, 0.25) is 0 Å². The van der Waals surface area contributed by atoms with Crippen molar-refractivity contribution < 1.29 is 14.0 Å². The Labute approximate surface area is 151 Å². The van der Waals surface area contributed by atoms with E-state index in [9.17, 15) is 14.0 Å². The quantitative estimate of drug-likeness (QED) is 0.916. The predicted molar refractivity (Wildman–Crippen MR) is 93.1 cm³/mol. The molecule has 1 N–H and O–H groups in total. The van der Waals surface area contributed by atoms with Gasteiger partial charge in [0.1, 0.15) is 11.5 Å². The summed E-state index contributed by atoms with van der Waals surface area (Å²) in [6.07, 6.45) is 5.03. The molecule has 0 saturated carbocycles. The van der Waals surface area contributed by atoms with Crippen LogP contribution in [0.1, 0.15) is 46.5 Å². The summed E-state index contributed by atoms with van der Waals surface area (Å²) in [5, 5.41) is 7.13. The zero-order valence-corrected chi connectivity index (χ0v) is 14.6. The number of amides is 2. The van der Waals surface area contributed by atoms with Crippen molar-refractivity contribution in [3.8, 4) is 0 Å². The van der Waals surface area contributed by atoms with Gasteiger partial charge in [-0.3, -0.25) is 14.3 Å². The van der Waals surface area contributed by atoms with E-state index in [0.717, 1.165) is 25.7 Å². The van der Waals surface area contributed by atoms with Crippen LogP contribution in [0.2, 0.25) is 0 Å². The van der Waals surface area contributed by atoms with Crippen molar-refractivity contribution in [2.45, 2.75) is 43.8 Å². The first kappa shape index (κ1) is 16.8. The van der Waals surface area contributed by atoms with Gasteiger partial charge >= 0.3 is 0 Å². The second-order valence-electron chi connectivity index (χ2n) is 7.09. The number of fused-ring (bicyclic) bond motifs is 2. The molecule has 0 aliphatic carbocycles. The lowest BCUT2D eigenvalue weighted by atomic mass is 9.96. The van der Waals surface area contributed by atoms with Gasteiger partial charge in [0.15, 0.2) is 0 Å². The second kappa shape index (κ2) is 6.55. The summed E-state index contributed by atoms with van der Waals surface area (Å²) in [6, 6.07) is 7.58. The van der Waals surface area contributed by atoms with Crippen molar-refractivity contribution in [1.82, 2.24) is 20.0 Å². The highest BCUT2D eigenvalue weighted by molar-refractivity contribution is 5.95. The summed E-state index contributed by atoms with van der Waals surface area (Å²) in [4.78, 5) is 27.2. The van der Waals surface area contributed by atoms with E-state index in [4.69, 9.17) is 0 Å². The number of rotatable bonds is 3. The minimum atomic E-state index is -0.360. The second-order valence-corrected chi connectivity index (χ2v) is 7.09. The SMILES string of the molecule is Cn1nccc1C(=O)N1[C@@H]2CC[C@H]1CC(NC(=O)c1ccc(F)cc1)C2. The van der Waals surface area contributed by atoms with Crippen LogP contribution in [0.25, 0.3) is 0 Å². The molecule has 2 bridgehead atoms. The molecule has 2 aliphatic heterocycles. The van der Waals surface area contributed by atoms with Gasteiger partial charge in [-0.1, -0.05) is 0 Å². The molecule has 2 fully saturated rings. The standard InChI is InChI=1S/C19H21FN4O2/c1-23-17(8-9-21-23)19(26)24-15-6-7-16(24)11-14(10-15)22-18(25)12-2-4-13(20)5-3-12/h2-5,8-9,14-16H,6-7,10-11H2,1H3,(H,22,25)/t14?,15-,16+. The lowest BCUT2D eigenvalue weighted by Gasteiger charge is -2.39. The van der Waals surface area contributed by atoms with E-state index in [-0.39, 0.29) is 35.8 Å². The largest absolute Gasteiger partial charge is 0.349 e. The molecule has 136 valence electrons. The van der Waals surface area contributed by atoms with Crippen molar-refractivity contribution in [3.05, 3.63) is 53.6 Å².